The highest BCUT2D eigenvalue weighted by molar-refractivity contribution is 9.10. The summed E-state index contributed by atoms with van der Waals surface area (Å²) in [4.78, 5) is 0. The van der Waals surface area contributed by atoms with Gasteiger partial charge in [0.1, 0.15) is 11.5 Å². The first-order valence-corrected chi connectivity index (χ1v) is 7.59. The molecule has 0 spiro atoms. The van der Waals surface area contributed by atoms with Crippen LogP contribution < -0.4 is 5.32 Å². The fourth-order valence-corrected chi connectivity index (χ4v) is 2.62. The molecule has 0 saturated carbocycles. The normalized spacial score (nSPS) is 12.6. The third kappa shape index (κ3) is 3.71. The van der Waals surface area contributed by atoms with Crippen LogP contribution in [0.2, 0.25) is 0 Å². The Bertz CT molecular complexity index is 521. The quantitative estimate of drug-likeness (QED) is 0.847. The van der Waals surface area contributed by atoms with E-state index in [1.165, 1.54) is 5.56 Å². The minimum atomic E-state index is 0.226. The molecule has 102 valence electrons. The standard InChI is InChI=1S/C16H20BrNO/c1-3-13-9-10-16(19-13)15(18-4-2)11-12-7-5-6-8-14(12)17/h5-10,15,18H,3-4,11H2,1-2H3. The molecular weight excluding hydrogens is 302 g/mol. The summed E-state index contributed by atoms with van der Waals surface area (Å²) < 4.78 is 7.03. The van der Waals surface area contributed by atoms with Crippen LogP contribution in [0.3, 0.4) is 0 Å². The Hall–Kier alpha value is -1.06. The second kappa shape index (κ2) is 6.92. The summed E-state index contributed by atoms with van der Waals surface area (Å²) in [6.07, 6.45) is 1.86. The number of aryl methyl sites for hydroxylation is 1. The maximum Gasteiger partial charge on any atom is 0.121 e. The summed E-state index contributed by atoms with van der Waals surface area (Å²) in [6.45, 7) is 5.16. The van der Waals surface area contributed by atoms with E-state index in [0.29, 0.717) is 0 Å². The van der Waals surface area contributed by atoms with Crippen molar-refractivity contribution in [2.75, 3.05) is 6.54 Å². The van der Waals surface area contributed by atoms with Crippen LogP contribution in [0.4, 0.5) is 0 Å². The molecule has 0 amide bonds. The first-order valence-electron chi connectivity index (χ1n) is 6.80. The van der Waals surface area contributed by atoms with E-state index in [1.54, 1.807) is 0 Å². The van der Waals surface area contributed by atoms with Crippen LogP contribution in [-0.4, -0.2) is 6.54 Å². The Kier molecular flexibility index (Phi) is 5.23. The Labute approximate surface area is 123 Å². The van der Waals surface area contributed by atoms with Gasteiger partial charge in [0.25, 0.3) is 0 Å². The fraction of sp³-hybridized carbons (Fsp3) is 0.375. The van der Waals surface area contributed by atoms with Crippen molar-refractivity contribution in [3.8, 4) is 0 Å². The van der Waals surface area contributed by atoms with Crippen molar-refractivity contribution in [3.63, 3.8) is 0 Å². The lowest BCUT2D eigenvalue weighted by molar-refractivity contribution is 0.396. The number of furan rings is 1. The van der Waals surface area contributed by atoms with Gasteiger partial charge in [0.15, 0.2) is 0 Å². The largest absolute Gasteiger partial charge is 0.464 e. The molecule has 0 aliphatic carbocycles. The summed E-state index contributed by atoms with van der Waals surface area (Å²) in [5.41, 5.74) is 1.29. The molecule has 0 bridgehead atoms. The Morgan fingerprint density at radius 1 is 1.16 bits per heavy atom. The molecule has 1 atom stereocenters. The van der Waals surface area contributed by atoms with Gasteiger partial charge >= 0.3 is 0 Å². The van der Waals surface area contributed by atoms with Crippen LogP contribution in [0, 0.1) is 0 Å². The highest BCUT2D eigenvalue weighted by Gasteiger charge is 2.16. The summed E-state index contributed by atoms with van der Waals surface area (Å²) >= 11 is 3.61. The number of likely N-dealkylation sites (N-methyl/N-ethyl adjacent to an activating group) is 1. The van der Waals surface area contributed by atoms with Gasteiger partial charge in [-0.15, -0.1) is 0 Å². The van der Waals surface area contributed by atoms with Crippen LogP contribution in [-0.2, 0) is 12.8 Å². The second-order valence-corrected chi connectivity index (χ2v) is 5.42. The number of benzene rings is 1. The van der Waals surface area contributed by atoms with E-state index < -0.39 is 0 Å². The molecule has 1 unspecified atom stereocenters. The van der Waals surface area contributed by atoms with Gasteiger partial charge in [-0.25, -0.2) is 0 Å². The lowest BCUT2D eigenvalue weighted by Gasteiger charge is -2.16. The summed E-state index contributed by atoms with van der Waals surface area (Å²) in [5, 5.41) is 3.50. The summed E-state index contributed by atoms with van der Waals surface area (Å²) in [7, 11) is 0. The van der Waals surface area contributed by atoms with Gasteiger partial charge < -0.3 is 9.73 Å². The van der Waals surface area contributed by atoms with Crippen molar-refractivity contribution in [2.45, 2.75) is 32.7 Å². The molecule has 0 aliphatic rings. The molecule has 0 fully saturated rings. The van der Waals surface area contributed by atoms with Crippen molar-refractivity contribution < 1.29 is 4.42 Å². The van der Waals surface area contributed by atoms with Crippen LogP contribution >= 0.6 is 15.9 Å². The first-order chi connectivity index (χ1) is 9.24. The van der Waals surface area contributed by atoms with Crippen molar-refractivity contribution in [2.24, 2.45) is 0 Å². The van der Waals surface area contributed by atoms with Gasteiger partial charge in [0.2, 0.25) is 0 Å². The maximum atomic E-state index is 5.88. The number of halogens is 1. The molecule has 0 radical (unpaired) electrons. The predicted octanol–water partition coefficient (Wildman–Crippen LogP) is 4.50. The zero-order chi connectivity index (χ0) is 13.7. The van der Waals surface area contributed by atoms with E-state index >= 15 is 0 Å². The van der Waals surface area contributed by atoms with Gasteiger partial charge in [-0.05, 0) is 36.7 Å². The molecule has 19 heavy (non-hydrogen) atoms. The predicted molar refractivity (Wildman–Crippen MR) is 82.3 cm³/mol. The number of hydrogen-bond acceptors (Lipinski definition) is 2. The minimum Gasteiger partial charge on any atom is -0.464 e. The third-order valence-corrected chi connectivity index (χ3v) is 3.98. The molecule has 1 N–H and O–H groups in total. The van der Waals surface area contributed by atoms with Crippen LogP contribution in [0.1, 0.15) is 37.0 Å². The molecule has 0 saturated heterocycles. The van der Waals surface area contributed by atoms with Crippen LogP contribution in [0.15, 0.2) is 45.3 Å². The van der Waals surface area contributed by atoms with Crippen LogP contribution in [0.25, 0.3) is 0 Å². The van der Waals surface area contributed by atoms with E-state index in [4.69, 9.17) is 4.42 Å². The highest BCUT2D eigenvalue weighted by atomic mass is 79.9. The number of nitrogens with one attached hydrogen (secondary N) is 1. The number of rotatable bonds is 6. The zero-order valence-electron chi connectivity index (χ0n) is 11.4. The average Bonchev–Trinajstić information content (AvgIpc) is 2.89. The van der Waals surface area contributed by atoms with Gasteiger partial charge in [0, 0.05) is 10.9 Å². The Morgan fingerprint density at radius 2 is 1.95 bits per heavy atom. The number of hydrogen-bond donors (Lipinski definition) is 1. The zero-order valence-corrected chi connectivity index (χ0v) is 13.0. The molecule has 3 heteroatoms. The van der Waals surface area contributed by atoms with E-state index in [1.807, 2.05) is 6.07 Å². The molecule has 1 heterocycles. The molecule has 0 aliphatic heterocycles. The van der Waals surface area contributed by atoms with Crippen molar-refractivity contribution in [1.82, 2.24) is 5.32 Å². The van der Waals surface area contributed by atoms with Gasteiger partial charge in [-0.2, -0.15) is 0 Å². The fourth-order valence-electron chi connectivity index (χ4n) is 2.18. The average molecular weight is 322 g/mol. The molecule has 1 aromatic carbocycles. The third-order valence-electron chi connectivity index (χ3n) is 3.21. The molecule has 2 rings (SSSR count). The van der Waals surface area contributed by atoms with Gasteiger partial charge in [0.05, 0.1) is 6.04 Å². The summed E-state index contributed by atoms with van der Waals surface area (Å²) in [6, 6.07) is 12.7. The topological polar surface area (TPSA) is 25.2 Å². The van der Waals surface area contributed by atoms with E-state index in [9.17, 15) is 0 Å². The highest BCUT2D eigenvalue weighted by Crippen LogP contribution is 2.25. The van der Waals surface area contributed by atoms with Crippen molar-refractivity contribution in [3.05, 3.63) is 58.0 Å². The molecule has 1 aromatic heterocycles. The Morgan fingerprint density at radius 3 is 2.58 bits per heavy atom. The lowest BCUT2D eigenvalue weighted by Crippen LogP contribution is -2.22. The van der Waals surface area contributed by atoms with E-state index in [-0.39, 0.29) is 6.04 Å². The van der Waals surface area contributed by atoms with E-state index in [0.717, 1.165) is 35.4 Å². The second-order valence-electron chi connectivity index (χ2n) is 4.56. The maximum absolute atomic E-state index is 5.88. The van der Waals surface area contributed by atoms with E-state index in [2.05, 4.69) is 65.4 Å². The SMILES string of the molecule is CCNC(Cc1ccccc1Br)c1ccc(CC)o1. The smallest absolute Gasteiger partial charge is 0.121 e. The minimum absolute atomic E-state index is 0.226. The lowest BCUT2D eigenvalue weighted by atomic mass is 10.0. The van der Waals surface area contributed by atoms with Gasteiger partial charge in [-0.1, -0.05) is 48.0 Å². The van der Waals surface area contributed by atoms with Crippen molar-refractivity contribution in [1.29, 1.82) is 0 Å². The summed E-state index contributed by atoms with van der Waals surface area (Å²) in [5.74, 6) is 2.07. The van der Waals surface area contributed by atoms with Gasteiger partial charge in [-0.3, -0.25) is 0 Å². The molecular formula is C16H20BrNO. The first kappa shape index (κ1) is 14.4. The monoisotopic (exact) mass is 321 g/mol. The Balaban J connectivity index is 2.18. The molecule has 2 aromatic rings. The van der Waals surface area contributed by atoms with Crippen molar-refractivity contribution >= 4 is 15.9 Å². The van der Waals surface area contributed by atoms with Crippen LogP contribution in [0.5, 0.6) is 0 Å². The molecule has 2 nitrogen and oxygen atoms in total.